The average molecular weight is 773 g/mol. The quantitative estimate of drug-likeness (QED) is 0.153. The van der Waals surface area contributed by atoms with Crippen molar-refractivity contribution in [2.75, 3.05) is 25.0 Å². The maximum absolute atomic E-state index is 13.3. The van der Waals surface area contributed by atoms with Crippen LogP contribution in [0.25, 0.3) is 0 Å². The molecule has 3 atom stereocenters. The van der Waals surface area contributed by atoms with Crippen molar-refractivity contribution in [1.29, 1.82) is 0 Å². The molecule has 0 radical (unpaired) electrons. The zero-order valence-corrected chi connectivity index (χ0v) is 31.1. The Labute approximate surface area is 295 Å². The molecule has 0 saturated heterocycles. The standard InChI is InChI=1S/C31H40N4O11S4/c1-5-7-13-34-24-15-21(16-26(49(32,40)41)28(24)46-22-11-9-8-10-12-22)29(36)45-19(3)18-44-31(37)35(6-2)25-14-20(4)48(38,39)30-23(25)17-27(47-30)50(33,42)43/h8-12,15-17,19-20,25,34H,5-7,13-14,18H2,1-4H3,(H2,32,40,41)(H2,33,42,43)/t19?,20-,25-/m0/s1. The van der Waals surface area contributed by atoms with E-state index in [1.54, 1.807) is 37.3 Å². The van der Waals surface area contributed by atoms with E-state index in [0.29, 0.717) is 23.6 Å². The van der Waals surface area contributed by atoms with Crippen LogP contribution in [0.4, 0.5) is 10.5 Å². The first-order chi connectivity index (χ1) is 23.4. The Bertz CT molecular complexity index is 2050. The lowest BCUT2D eigenvalue weighted by Crippen LogP contribution is -2.41. The van der Waals surface area contributed by atoms with E-state index >= 15 is 0 Å². The summed E-state index contributed by atoms with van der Waals surface area (Å²) in [7, 11) is -12.5. The number of nitrogens with two attached hydrogens (primary N) is 2. The van der Waals surface area contributed by atoms with E-state index < -0.39 is 70.8 Å². The third kappa shape index (κ3) is 8.93. The van der Waals surface area contributed by atoms with E-state index in [1.165, 1.54) is 30.9 Å². The first-order valence-corrected chi connectivity index (χ1v) is 21.1. The number of sulfonamides is 2. The normalized spacial score (nSPS) is 17.6. The first kappa shape index (κ1) is 39.0. The van der Waals surface area contributed by atoms with Gasteiger partial charge < -0.3 is 24.4 Å². The largest absolute Gasteiger partial charge is 0.455 e. The molecule has 1 aromatic heterocycles. The number of thiophene rings is 1. The van der Waals surface area contributed by atoms with Crippen LogP contribution in [-0.2, 0) is 39.4 Å². The number of rotatable bonds is 14. The molecule has 0 aliphatic carbocycles. The van der Waals surface area contributed by atoms with Gasteiger partial charge in [-0.1, -0.05) is 31.5 Å². The number of nitrogens with zero attached hydrogens (tertiary/aromatic N) is 1. The maximum atomic E-state index is 13.3. The molecule has 1 aliphatic rings. The Morgan fingerprint density at radius 1 is 1.06 bits per heavy atom. The van der Waals surface area contributed by atoms with Gasteiger partial charge in [0.1, 0.15) is 31.8 Å². The zero-order chi connectivity index (χ0) is 37.0. The van der Waals surface area contributed by atoms with Gasteiger partial charge in [0.15, 0.2) is 15.6 Å². The Morgan fingerprint density at radius 3 is 2.34 bits per heavy atom. The minimum absolute atomic E-state index is 0.0192. The maximum Gasteiger partial charge on any atom is 0.410 e. The summed E-state index contributed by atoms with van der Waals surface area (Å²) in [5.41, 5.74) is 0.166. The summed E-state index contributed by atoms with van der Waals surface area (Å²) in [6, 6.07) is 11.2. The zero-order valence-electron chi connectivity index (χ0n) is 27.8. The molecule has 2 aromatic carbocycles. The fourth-order valence-corrected chi connectivity index (χ4v) is 10.3. The van der Waals surface area contributed by atoms with Crippen molar-refractivity contribution in [3.05, 3.63) is 59.7 Å². The third-order valence-corrected chi connectivity index (χ3v) is 14.0. The average Bonchev–Trinajstić information content (AvgIpc) is 3.51. The van der Waals surface area contributed by atoms with Crippen LogP contribution in [-0.4, -0.2) is 73.3 Å². The molecule has 0 fully saturated rings. The molecule has 1 aliphatic heterocycles. The summed E-state index contributed by atoms with van der Waals surface area (Å²) in [6.45, 7) is 6.64. The molecule has 0 saturated carbocycles. The Kier molecular flexibility index (Phi) is 12.2. The van der Waals surface area contributed by atoms with Crippen LogP contribution in [0.3, 0.4) is 0 Å². The monoisotopic (exact) mass is 772 g/mol. The van der Waals surface area contributed by atoms with Gasteiger partial charge >= 0.3 is 12.1 Å². The van der Waals surface area contributed by atoms with Crippen LogP contribution >= 0.6 is 11.3 Å². The second kappa shape index (κ2) is 15.6. The molecule has 0 spiro atoms. The number of esters is 1. The molecule has 274 valence electrons. The summed E-state index contributed by atoms with van der Waals surface area (Å²) >= 11 is 0.534. The number of amides is 1. The van der Waals surface area contributed by atoms with Crippen molar-refractivity contribution in [1.82, 2.24) is 4.90 Å². The molecule has 1 amide bonds. The second-order valence-corrected chi connectivity index (χ2v) is 18.6. The fourth-order valence-electron chi connectivity index (χ4n) is 5.21. The van der Waals surface area contributed by atoms with Gasteiger partial charge in [-0.3, -0.25) is 0 Å². The van der Waals surface area contributed by atoms with E-state index in [2.05, 4.69) is 5.32 Å². The Morgan fingerprint density at radius 2 is 1.74 bits per heavy atom. The van der Waals surface area contributed by atoms with E-state index in [-0.39, 0.29) is 43.9 Å². The van der Waals surface area contributed by atoms with Gasteiger partial charge in [-0.05, 0) is 63.9 Å². The summed E-state index contributed by atoms with van der Waals surface area (Å²) in [4.78, 5) is 27.4. The number of anilines is 1. The van der Waals surface area contributed by atoms with Gasteiger partial charge in [0, 0.05) is 18.7 Å². The molecule has 4 rings (SSSR count). The van der Waals surface area contributed by atoms with Crippen LogP contribution < -0.4 is 20.3 Å². The minimum atomic E-state index is -4.40. The lowest BCUT2D eigenvalue weighted by molar-refractivity contribution is 0.00737. The first-order valence-electron chi connectivity index (χ1n) is 15.6. The number of hydrogen-bond donors (Lipinski definition) is 3. The van der Waals surface area contributed by atoms with Crippen molar-refractivity contribution >= 4 is 59.0 Å². The number of para-hydroxylation sites is 1. The minimum Gasteiger partial charge on any atom is -0.455 e. The summed E-state index contributed by atoms with van der Waals surface area (Å²) < 4.78 is 91.8. The highest BCUT2D eigenvalue weighted by atomic mass is 32.3. The number of hydrogen-bond acceptors (Lipinski definition) is 13. The van der Waals surface area contributed by atoms with Crippen LogP contribution in [0.5, 0.6) is 11.5 Å². The number of sulfone groups is 1. The third-order valence-electron chi connectivity index (χ3n) is 7.79. The van der Waals surface area contributed by atoms with Crippen LogP contribution in [0.1, 0.15) is 68.9 Å². The lowest BCUT2D eigenvalue weighted by atomic mass is 10.0. The highest BCUT2D eigenvalue weighted by Crippen LogP contribution is 2.45. The van der Waals surface area contributed by atoms with E-state index in [1.807, 2.05) is 6.92 Å². The molecule has 15 nitrogen and oxygen atoms in total. The molecule has 19 heteroatoms. The fraction of sp³-hybridized carbons (Fsp3) is 0.419. The van der Waals surface area contributed by atoms with Gasteiger partial charge in [-0.25, -0.2) is 45.1 Å². The van der Waals surface area contributed by atoms with Gasteiger partial charge in [-0.2, -0.15) is 0 Å². The van der Waals surface area contributed by atoms with Crippen molar-refractivity contribution in [2.24, 2.45) is 10.3 Å². The summed E-state index contributed by atoms with van der Waals surface area (Å²) in [5, 5.41) is 13.0. The molecule has 2 heterocycles. The van der Waals surface area contributed by atoms with Crippen molar-refractivity contribution in [2.45, 2.75) is 77.7 Å². The number of primary sulfonamides is 2. The van der Waals surface area contributed by atoms with Gasteiger partial charge in [-0.15, -0.1) is 11.3 Å². The smallest absolute Gasteiger partial charge is 0.410 e. The number of carbonyl (C=O) groups excluding carboxylic acids is 2. The predicted octanol–water partition coefficient (Wildman–Crippen LogP) is 4.36. The van der Waals surface area contributed by atoms with Crippen molar-refractivity contribution in [3.8, 4) is 11.5 Å². The number of nitrogens with one attached hydrogen (secondary N) is 1. The predicted molar refractivity (Wildman–Crippen MR) is 186 cm³/mol. The van der Waals surface area contributed by atoms with Gasteiger partial charge in [0.2, 0.25) is 20.0 Å². The van der Waals surface area contributed by atoms with Crippen LogP contribution in [0.15, 0.2) is 61.8 Å². The molecular weight excluding hydrogens is 733 g/mol. The highest BCUT2D eigenvalue weighted by molar-refractivity contribution is 7.95. The lowest BCUT2D eigenvalue weighted by Gasteiger charge is -2.35. The second-order valence-electron chi connectivity index (χ2n) is 11.6. The Balaban J connectivity index is 1.53. The summed E-state index contributed by atoms with van der Waals surface area (Å²) in [5.74, 6) is -0.685. The van der Waals surface area contributed by atoms with E-state index in [9.17, 15) is 34.8 Å². The molecular formula is C31H40N4O11S4. The number of fused-ring (bicyclic) bond motifs is 1. The van der Waals surface area contributed by atoms with Crippen molar-refractivity contribution in [3.63, 3.8) is 0 Å². The molecule has 50 heavy (non-hydrogen) atoms. The van der Waals surface area contributed by atoms with Gasteiger partial charge in [0.05, 0.1) is 22.5 Å². The topological polar surface area (TPSA) is 232 Å². The molecule has 0 bridgehead atoms. The Hall–Kier alpha value is -3.75. The SMILES string of the molecule is CCCCNc1cc(C(=O)OC(C)COC(=O)N(CC)[C@H]2C[C@H](C)S(=O)(=O)c3sc(S(N)(=O)=O)cc32)cc(S(N)(=O)=O)c1Oc1ccccc1. The van der Waals surface area contributed by atoms with Crippen LogP contribution in [0, 0.1) is 0 Å². The van der Waals surface area contributed by atoms with E-state index in [0.717, 1.165) is 18.9 Å². The molecule has 1 unspecified atom stereocenters. The van der Waals surface area contributed by atoms with Crippen molar-refractivity contribution < 1.29 is 49.1 Å². The highest BCUT2D eigenvalue weighted by Gasteiger charge is 2.43. The number of carbonyl (C=O) groups is 2. The number of benzene rings is 2. The van der Waals surface area contributed by atoms with E-state index in [4.69, 9.17) is 24.5 Å². The molecule has 5 N–H and O–H groups in total. The number of ether oxygens (including phenoxy) is 3. The molecule has 3 aromatic rings. The number of unbranched alkanes of at least 4 members (excludes halogenated alkanes) is 1. The summed E-state index contributed by atoms with van der Waals surface area (Å²) in [6.07, 6.45) is -0.327. The van der Waals surface area contributed by atoms with Gasteiger partial charge in [0.25, 0.3) is 0 Å². The van der Waals surface area contributed by atoms with Crippen LogP contribution in [0.2, 0.25) is 0 Å².